The molecule has 1 aromatic carbocycles. The van der Waals surface area contributed by atoms with Gasteiger partial charge in [0.25, 0.3) is 0 Å². The number of hydrogen-bond acceptors (Lipinski definition) is 3. The summed E-state index contributed by atoms with van der Waals surface area (Å²) >= 11 is 1.93. The highest BCUT2D eigenvalue weighted by molar-refractivity contribution is 7.98. The molecule has 2 N–H and O–H groups in total. The molecular weight excluding hydrogens is 240 g/mol. The molecule has 1 atom stereocenters. The van der Waals surface area contributed by atoms with Crippen molar-refractivity contribution in [1.82, 2.24) is 4.90 Å². The van der Waals surface area contributed by atoms with Crippen molar-refractivity contribution in [3.05, 3.63) is 35.4 Å². The van der Waals surface area contributed by atoms with Gasteiger partial charge < -0.3 is 5.73 Å². The van der Waals surface area contributed by atoms with Crippen molar-refractivity contribution in [3.8, 4) is 0 Å². The Balaban J connectivity index is 2.55. The number of benzene rings is 1. The van der Waals surface area contributed by atoms with Gasteiger partial charge in [0.15, 0.2) is 0 Å². The predicted octanol–water partition coefficient (Wildman–Crippen LogP) is 2.76. The van der Waals surface area contributed by atoms with Crippen LogP contribution in [0.15, 0.2) is 24.3 Å². The molecule has 3 heteroatoms. The first-order valence-corrected chi connectivity index (χ1v) is 8.07. The minimum Gasteiger partial charge on any atom is -0.330 e. The Morgan fingerprint density at radius 1 is 1.22 bits per heavy atom. The van der Waals surface area contributed by atoms with Crippen LogP contribution in [0.3, 0.4) is 0 Å². The highest BCUT2D eigenvalue weighted by Crippen LogP contribution is 2.13. The van der Waals surface area contributed by atoms with Crippen molar-refractivity contribution in [2.45, 2.75) is 32.4 Å². The zero-order valence-corrected chi connectivity index (χ0v) is 12.7. The van der Waals surface area contributed by atoms with E-state index in [4.69, 9.17) is 5.73 Å². The van der Waals surface area contributed by atoms with Gasteiger partial charge in [-0.25, -0.2) is 0 Å². The molecule has 18 heavy (non-hydrogen) atoms. The highest BCUT2D eigenvalue weighted by atomic mass is 32.2. The Bertz CT molecular complexity index is 324. The Morgan fingerprint density at radius 3 is 2.33 bits per heavy atom. The van der Waals surface area contributed by atoms with Crippen LogP contribution in [0.1, 0.15) is 24.5 Å². The van der Waals surface area contributed by atoms with E-state index in [2.05, 4.69) is 49.4 Å². The van der Waals surface area contributed by atoms with Gasteiger partial charge in [0.1, 0.15) is 0 Å². The SMILES string of the molecule is CCC(CSC)N(C)Cc1ccc(CCN)cc1. The Hall–Kier alpha value is -0.510. The largest absolute Gasteiger partial charge is 0.330 e. The molecule has 0 bridgehead atoms. The van der Waals surface area contributed by atoms with E-state index < -0.39 is 0 Å². The second-order valence-corrected chi connectivity index (χ2v) is 5.70. The molecule has 2 nitrogen and oxygen atoms in total. The number of nitrogens with two attached hydrogens (primary N) is 1. The molecular formula is C15H26N2S. The second-order valence-electron chi connectivity index (χ2n) is 4.79. The van der Waals surface area contributed by atoms with Crippen molar-refractivity contribution in [2.75, 3.05) is 25.6 Å². The summed E-state index contributed by atoms with van der Waals surface area (Å²) in [5, 5.41) is 0. The Labute approximate surface area is 116 Å². The third kappa shape index (κ3) is 5.01. The first kappa shape index (κ1) is 15.5. The fraction of sp³-hybridized carbons (Fsp3) is 0.600. The standard InChI is InChI=1S/C15H26N2S/c1-4-15(12-18-3)17(2)11-14-7-5-13(6-8-14)9-10-16/h5-8,15H,4,9-12,16H2,1-3H3. The summed E-state index contributed by atoms with van der Waals surface area (Å²) in [4.78, 5) is 2.45. The summed E-state index contributed by atoms with van der Waals surface area (Å²) in [6.07, 6.45) is 4.36. The van der Waals surface area contributed by atoms with Crippen molar-refractivity contribution in [2.24, 2.45) is 5.73 Å². The van der Waals surface area contributed by atoms with Crippen molar-refractivity contribution >= 4 is 11.8 Å². The van der Waals surface area contributed by atoms with Gasteiger partial charge in [-0.05, 0) is 43.8 Å². The molecule has 1 rings (SSSR count). The average molecular weight is 266 g/mol. The van der Waals surface area contributed by atoms with E-state index in [1.165, 1.54) is 23.3 Å². The molecule has 0 aliphatic rings. The average Bonchev–Trinajstić information content (AvgIpc) is 2.38. The molecule has 0 radical (unpaired) electrons. The summed E-state index contributed by atoms with van der Waals surface area (Å²) in [6, 6.07) is 9.53. The minimum atomic E-state index is 0.670. The minimum absolute atomic E-state index is 0.670. The number of rotatable bonds is 8. The molecule has 0 heterocycles. The monoisotopic (exact) mass is 266 g/mol. The van der Waals surface area contributed by atoms with Gasteiger partial charge in [0.05, 0.1) is 0 Å². The molecule has 0 saturated carbocycles. The van der Waals surface area contributed by atoms with E-state index in [-0.39, 0.29) is 0 Å². The molecule has 0 fully saturated rings. The fourth-order valence-corrected chi connectivity index (χ4v) is 3.02. The van der Waals surface area contributed by atoms with Crippen LogP contribution in [0.2, 0.25) is 0 Å². The smallest absolute Gasteiger partial charge is 0.0233 e. The van der Waals surface area contributed by atoms with Crippen LogP contribution < -0.4 is 5.73 Å². The quantitative estimate of drug-likeness (QED) is 0.784. The molecule has 0 spiro atoms. The van der Waals surface area contributed by atoms with Gasteiger partial charge in [-0.3, -0.25) is 4.90 Å². The second kappa shape index (κ2) is 8.57. The van der Waals surface area contributed by atoms with Crippen LogP contribution >= 0.6 is 11.8 Å². The third-order valence-corrected chi connectivity index (χ3v) is 4.06. The van der Waals surface area contributed by atoms with Gasteiger partial charge in [-0.1, -0.05) is 31.2 Å². The molecule has 1 aromatic rings. The van der Waals surface area contributed by atoms with E-state index in [0.29, 0.717) is 6.04 Å². The van der Waals surface area contributed by atoms with Gasteiger partial charge in [0, 0.05) is 18.3 Å². The van der Waals surface area contributed by atoms with Gasteiger partial charge in [0.2, 0.25) is 0 Å². The Kier molecular flexibility index (Phi) is 7.40. The molecule has 0 saturated heterocycles. The van der Waals surface area contributed by atoms with Crippen LogP contribution in [0.4, 0.5) is 0 Å². The lowest BCUT2D eigenvalue weighted by Crippen LogP contribution is -2.32. The number of thioether (sulfide) groups is 1. The normalized spacial score (nSPS) is 12.9. The lowest BCUT2D eigenvalue weighted by Gasteiger charge is -2.26. The summed E-state index contributed by atoms with van der Waals surface area (Å²) in [5.74, 6) is 1.21. The first-order chi connectivity index (χ1) is 8.71. The fourth-order valence-electron chi connectivity index (χ4n) is 2.14. The maximum atomic E-state index is 5.56. The maximum Gasteiger partial charge on any atom is 0.0233 e. The lowest BCUT2D eigenvalue weighted by molar-refractivity contribution is 0.248. The van der Waals surface area contributed by atoms with Gasteiger partial charge in [-0.15, -0.1) is 0 Å². The highest BCUT2D eigenvalue weighted by Gasteiger charge is 2.12. The topological polar surface area (TPSA) is 29.3 Å². The molecule has 1 unspecified atom stereocenters. The lowest BCUT2D eigenvalue weighted by atomic mass is 10.1. The maximum absolute atomic E-state index is 5.56. The van der Waals surface area contributed by atoms with E-state index in [9.17, 15) is 0 Å². The van der Waals surface area contributed by atoms with Crippen molar-refractivity contribution in [1.29, 1.82) is 0 Å². The number of hydrogen-bond donors (Lipinski definition) is 1. The van der Waals surface area contributed by atoms with Crippen LogP contribution in [0, 0.1) is 0 Å². The summed E-state index contributed by atoms with van der Waals surface area (Å²) < 4.78 is 0. The van der Waals surface area contributed by atoms with E-state index in [0.717, 1.165) is 19.5 Å². The van der Waals surface area contributed by atoms with Crippen LogP contribution in [0.25, 0.3) is 0 Å². The number of nitrogens with zero attached hydrogens (tertiary/aromatic N) is 1. The Morgan fingerprint density at radius 2 is 1.83 bits per heavy atom. The van der Waals surface area contributed by atoms with Crippen LogP contribution in [-0.2, 0) is 13.0 Å². The molecule has 102 valence electrons. The first-order valence-electron chi connectivity index (χ1n) is 6.68. The van der Waals surface area contributed by atoms with Gasteiger partial charge >= 0.3 is 0 Å². The summed E-state index contributed by atoms with van der Waals surface area (Å²) in [5.41, 5.74) is 8.28. The molecule has 0 aliphatic heterocycles. The third-order valence-electron chi connectivity index (χ3n) is 3.34. The molecule has 0 amide bonds. The molecule has 0 aliphatic carbocycles. The zero-order chi connectivity index (χ0) is 13.4. The van der Waals surface area contributed by atoms with E-state index in [1.54, 1.807) is 0 Å². The molecule has 0 aromatic heterocycles. The van der Waals surface area contributed by atoms with Crippen molar-refractivity contribution in [3.63, 3.8) is 0 Å². The van der Waals surface area contributed by atoms with Crippen LogP contribution in [0.5, 0.6) is 0 Å². The van der Waals surface area contributed by atoms with E-state index >= 15 is 0 Å². The van der Waals surface area contributed by atoms with Crippen molar-refractivity contribution < 1.29 is 0 Å². The zero-order valence-electron chi connectivity index (χ0n) is 11.9. The summed E-state index contributed by atoms with van der Waals surface area (Å²) in [7, 11) is 2.22. The van der Waals surface area contributed by atoms with Crippen LogP contribution in [-0.4, -0.2) is 36.5 Å². The van der Waals surface area contributed by atoms with Gasteiger partial charge in [-0.2, -0.15) is 11.8 Å². The summed E-state index contributed by atoms with van der Waals surface area (Å²) in [6.45, 7) is 4.02. The predicted molar refractivity (Wildman–Crippen MR) is 83.1 cm³/mol. The van der Waals surface area contributed by atoms with E-state index in [1.807, 2.05) is 11.8 Å².